The normalized spacial score (nSPS) is 21.7. The number of pyridine rings is 1. The molecule has 4 nitrogen and oxygen atoms in total. The molecule has 116 valence electrons. The molecule has 1 aliphatic heterocycles. The summed E-state index contributed by atoms with van der Waals surface area (Å²) in [6.45, 7) is 3.80. The number of fused-ring (bicyclic) bond motifs is 1. The van der Waals surface area contributed by atoms with Crippen molar-refractivity contribution in [2.75, 3.05) is 13.1 Å². The van der Waals surface area contributed by atoms with Gasteiger partial charge in [-0.05, 0) is 43.4 Å². The number of rotatable bonds is 4. The van der Waals surface area contributed by atoms with Crippen LogP contribution in [0.15, 0.2) is 36.5 Å². The number of nitrogens with zero attached hydrogens (tertiary/aromatic N) is 1. The molecule has 0 radical (unpaired) electrons. The third-order valence-corrected chi connectivity index (χ3v) is 4.39. The Morgan fingerprint density at radius 1 is 1.36 bits per heavy atom. The molecule has 22 heavy (non-hydrogen) atoms. The Kier molecular flexibility index (Phi) is 4.68. The van der Waals surface area contributed by atoms with Gasteiger partial charge in [-0.25, -0.2) is 0 Å². The van der Waals surface area contributed by atoms with E-state index in [9.17, 15) is 4.79 Å². The number of aromatic nitrogens is 1. The molecule has 1 amide bonds. The first-order valence-electron chi connectivity index (χ1n) is 8.08. The Bertz CT molecular complexity index is 650. The largest absolute Gasteiger partial charge is 0.354 e. The smallest absolute Gasteiger partial charge is 0.237 e. The monoisotopic (exact) mass is 297 g/mol. The van der Waals surface area contributed by atoms with Crippen molar-refractivity contribution in [1.29, 1.82) is 0 Å². The zero-order chi connectivity index (χ0) is 15.4. The predicted molar refractivity (Wildman–Crippen MR) is 88.6 cm³/mol. The molecule has 4 heteroatoms. The van der Waals surface area contributed by atoms with Gasteiger partial charge in [0.25, 0.3) is 0 Å². The zero-order valence-corrected chi connectivity index (χ0v) is 13.0. The molecular weight excluding hydrogens is 274 g/mol. The van der Waals surface area contributed by atoms with Crippen LogP contribution in [0.1, 0.15) is 25.3 Å². The minimum absolute atomic E-state index is 0.0330. The molecule has 1 fully saturated rings. The second kappa shape index (κ2) is 6.88. The molecular formula is C18H23N3O. The van der Waals surface area contributed by atoms with E-state index in [0.29, 0.717) is 12.5 Å². The summed E-state index contributed by atoms with van der Waals surface area (Å²) < 4.78 is 0. The quantitative estimate of drug-likeness (QED) is 0.910. The van der Waals surface area contributed by atoms with Gasteiger partial charge in [0.1, 0.15) is 0 Å². The fourth-order valence-electron chi connectivity index (χ4n) is 3.12. The Hall–Kier alpha value is -1.94. The van der Waals surface area contributed by atoms with E-state index in [0.717, 1.165) is 36.7 Å². The molecule has 2 aromatic rings. The van der Waals surface area contributed by atoms with Crippen molar-refractivity contribution < 1.29 is 4.79 Å². The minimum Gasteiger partial charge on any atom is -0.354 e. The Labute approximate surface area is 131 Å². The highest BCUT2D eigenvalue weighted by atomic mass is 16.2. The lowest BCUT2D eigenvalue weighted by atomic mass is 9.94. The van der Waals surface area contributed by atoms with Gasteiger partial charge >= 0.3 is 0 Å². The molecule has 0 saturated carbocycles. The Morgan fingerprint density at radius 2 is 2.23 bits per heavy atom. The number of para-hydroxylation sites is 1. The van der Waals surface area contributed by atoms with Crippen LogP contribution in [-0.4, -0.2) is 30.0 Å². The van der Waals surface area contributed by atoms with Crippen LogP contribution < -0.4 is 10.6 Å². The Morgan fingerprint density at radius 3 is 3.09 bits per heavy atom. The topological polar surface area (TPSA) is 54.0 Å². The first kappa shape index (κ1) is 15.0. The molecule has 1 saturated heterocycles. The summed E-state index contributed by atoms with van der Waals surface area (Å²) >= 11 is 0. The van der Waals surface area contributed by atoms with E-state index in [1.165, 1.54) is 5.56 Å². The molecule has 2 heterocycles. The van der Waals surface area contributed by atoms with Gasteiger partial charge in [0.05, 0.1) is 11.6 Å². The number of hydrogen-bond acceptors (Lipinski definition) is 3. The van der Waals surface area contributed by atoms with E-state index in [-0.39, 0.29) is 11.9 Å². The number of nitrogens with one attached hydrogen (secondary N) is 2. The highest BCUT2D eigenvalue weighted by Crippen LogP contribution is 2.17. The van der Waals surface area contributed by atoms with Crippen LogP contribution in [0.25, 0.3) is 10.9 Å². The van der Waals surface area contributed by atoms with Crippen LogP contribution >= 0.6 is 0 Å². The fourth-order valence-corrected chi connectivity index (χ4v) is 3.12. The van der Waals surface area contributed by atoms with Gasteiger partial charge in [-0.2, -0.15) is 0 Å². The summed E-state index contributed by atoms with van der Waals surface area (Å²) in [5.74, 6) is 0.749. The average molecular weight is 297 g/mol. The van der Waals surface area contributed by atoms with E-state index < -0.39 is 0 Å². The number of carbonyl (C=O) groups is 1. The maximum absolute atomic E-state index is 12.2. The van der Waals surface area contributed by atoms with Crippen LogP contribution in [0.3, 0.4) is 0 Å². The van der Waals surface area contributed by atoms with E-state index in [1.54, 1.807) is 0 Å². The minimum atomic E-state index is -0.0330. The molecule has 2 unspecified atom stereocenters. The number of benzene rings is 1. The molecule has 2 atom stereocenters. The molecule has 2 N–H and O–H groups in total. The lowest BCUT2D eigenvalue weighted by Crippen LogP contribution is -2.48. The first-order chi connectivity index (χ1) is 10.7. The molecule has 1 aromatic carbocycles. The average Bonchev–Trinajstić information content (AvgIpc) is 2.55. The summed E-state index contributed by atoms with van der Waals surface area (Å²) in [5.41, 5.74) is 2.21. The number of carbonyl (C=O) groups excluding carboxylic acids is 1. The van der Waals surface area contributed by atoms with Crippen molar-refractivity contribution in [3.05, 3.63) is 42.1 Å². The zero-order valence-electron chi connectivity index (χ0n) is 13.0. The molecule has 0 aliphatic carbocycles. The van der Waals surface area contributed by atoms with Gasteiger partial charge in [-0.1, -0.05) is 31.2 Å². The molecule has 0 spiro atoms. The third-order valence-electron chi connectivity index (χ3n) is 4.39. The SMILES string of the molecule is CC1CCNC(C(=O)NCCc2cccc3cccnc23)C1. The lowest BCUT2D eigenvalue weighted by Gasteiger charge is -2.27. The Balaban J connectivity index is 1.57. The second-order valence-corrected chi connectivity index (χ2v) is 6.17. The van der Waals surface area contributed by atoms with Crippen molar-refractivity contribution in [2.45, 2.75) is 32.2 Å². The van der Waals surface area contributed by atoms with Gasteiger partial charge in [0.2, 0.25) is 5.91 Å². The van der Waals surface area contributed by atoms with E-state index in [2.05, 4.69) is 40.7 Å². The van der Waals surface area contributed by atoms with Crippen molar-refractivity contribution >= 4 is 16.8 Å². The maximum atomic E-state index is 12.2. The highest BCUT2D eigenvalue weighted by Gasteiger charge is 2.23. The lowest BCUT2D eigenvalue weighted by molar-refractivity contribution is -0.123. The van der Waals surface area contributed by atoms with E-state index in [1.807, 2.05) is 18.3 Å². The summed E-state index contributed by atoms with van der Waals surface area (Å²) in [5, 5.41) is 7.51. The van der Waals surface area contributed by atoms with E-state index >= 15 is 0 Å². The van der Waals surface area contributed by atoms with Crippen LogP contribution in [0.5, 0.6) is 0 Å². The van der Waals surface area contributed by atoms with Crippen LogP contribution in [0, 0.1) is 5.92 Å². The molecule has 1 aromatic heterocycles. The van der Waals surface area contributed by atoms with Gasteiger partial charge in [0.15, 0.2) is 0 Å². The predicted octanol–water partition coefficient (Wildman–Crippen LogP) is 2.28. The van der Waals surface area contributed by atoms with Gasteiger partial charge in [-0.15, -0.1) is 0 Å². The standard InChI is InChI=1S/C18H23N3O/c1-13-7-10-19-16(12-13)18(22)21-11-8-15-5-2-4-14-6-3-9-20-17(14)15/h2-6,9,13,16,19H,7-8,10-12H2,1H3,(H,21,22). The fraction of sp³-hybridized carbons (Fsp3) is 0.444. The van der Waals surface area contributed by atoms with Crippen molar-refractivity contribution in [3.8, 4) is 0 Å². The van der Waals surface area contributed by atoms with Crippen molar-refractivity contribution in [3.63, 3.8) is 0 Å². The molecule has 1 aliphatic rings. The second-order valence-electron chi connectivity index (χ2n) is 6.17. The maximum Gasteiger partial charge on any atom is 0.237 e. The van der Waals surface area contributed by atoms with Crippen molar-refractivity contribution in [2.24, 2.45) is 5.92 Å². The van der Waals surface area contributed by atoms with E-state index in [4.69, 9.17) is 0 Å². The first-order valence-corrected chi connectivity index (χ1v) is 8.08. The highest BCUT2D eigenvalue weighted by molar-refractivity contribution is 5.83. The summed E-state index contributed by atoms with van der Waals surface area (Å²) in [7, 11) is 0. The van der Waals surface area contributed by atoms with Crippen LogP contribution in [-0.2, 0) is 11.2 Å². The van der Waals surface area contributed by atoms with Crippen LogP contribution in [0.2, 0.25) is 0 Å². The van der Waals surface area contributed by atoms with Gasteiger partial charge in [-0.3, -0.25) is 9.78 Å². The third kappa shape index (κ3) is 3.45. The summed E-state index contributed by atoms with van der Waals surface area (Å²) in [6.07, 6.45) is 4.72. The van der Waals surface area contributed by atoms with Gasteiger partial charge in [0, 0.05) is 18.1 Å². The van der Waals surface area contributed by atoms with Crippen molar-refractivity contribution in [1.82, 2.24) is 15.6 Å². The summed E-state index contributed by atoms with van der Waals surface area (Å²) in [4.78, 5) is 16.7. The molecule has 0 bridgehead atoms. The number of amides is 1. The number of piperidine rings is 1. The molecule has 3 rings (SSSR count). The summed E-state index contributed by atoms with van der Waals surface area (Å²) in [6, 6.07) is 10.2. The van der Waals surface area contributed by atoms with Crippen LogP contribution in [0.4, 0.5) is 0 Å². The van der Waals surface area contributed by atoms with Gasteiger partial charge < -0.3 is 10.6 Å². The number of hydrogen-bond donors (Lipinski definition) is 2.